The molecule has 0 radical (unpaired) electrons. The fourth-order valence-electron chi connectivity index (χ4n) is 1.35. The first-order valence-corrected chi connectivity index (χ1v) is 4.59. The van der Waals surface area contributed by atoms with E-state index in [0.29, 0.717) is 0 Å². The van der Waals surface area contributed by atoms with Crippen LogP contribution in [-0.2, 0) is 4.84 Å². The highest BCUT2D eigenvalue weighted by Gasteiger charge is 2.15. The lowest BCUT2D eigenvalue weighted by molar-refractivity contribution is 0.0755. The van der Waals surface area contributed by atoms with Gasteiger partial charge in [0.15, 0.2) is 6.10 Å². The summed E-state index contributed by atoms with van der Waals surface area (Å²) in [6, 6.07) is 11.2. The summed E-state index contributed by atoms with van der Waals surface area (Å²) in [6.07, 6.45) is 2.99. The average molecular weight is 201 g/mol. The third-order valence-corrected chi connectivity index (χ3v) is 2.05. The normalized spacial score (nSPS) is 10.5. The first kappa shape index (κ1) is 9.76. The van der Waals surface area contributed by atoms with Crippen molar-refractivity contribution in [3.05, 3.63) is 60.2 Å². The summed E-state index contributed by atoms with van der Waals surface area (Å²) in [5.41, 5.74) is 1.50. The Morgan fingerprint density at radius 1 is 0.933 bits per heavy atom. The van der Waals surface area contributed by atoms with E-state index < -0.39 is 6.10 Å². The number of rotatable bonds is 3. The molecule has 4 nitrogen and oxygen atoms in total. The number of hydrogen-bond donors (Lipinski definition) is 1. The number of nitrogens with zero attached hydrogens (tertiary/aromatic N) is 2. The Balaban J connectivity index is 2.34. The Morgan fingerprint density at radius 3 is 1.80 bits per heavy atom. The predicted octanol–water partition coefficient (Wildman–Crippen LogP) is 1.46. The van der Waals surface area contributed by atoms with Crippen LogP contribution in [0.1, 0.15) is 17.5 Å². The van der Waals surface area contributed by atoms with E-state index in [-0.39, 0.29) is 0 Å². The van der Waals surface area contributed by atoms with E-state index in [0.717, 1.165) is 11.4 Å². The van der Waals surface area contributed by atoms with Crippen LogP contribution in [0.2, 0.25) is 0 Å². The summed E-state index contributed by atoms with van der Waals surface area (Å²) in [4.78, 5) is 13.3. The molecular formula is C11H11N3O. The summed E-state index contributed by atoms with van der Waals surface area (Å²) in [7, 11) is 0. The Hall–Kier alpha value is -1.78. The molecule has 0 bridgehead atoms. The van der Waals surface area contributed by atoms with E-state index in [9.17, 15) is 0 Å². The van der Waals surface area contributed by atoms with Gasteiger partial charge in [0.25, 0.3) is 0 Å². The summed E-state index contributed by atoms with van der Waals surface area (Å²) in [5, 5.41) is 0. The topological polar surface area (TPSA) is 61.0 Å². The van der Waals surface area contributed by atoms with Crippen LogP contribution in [0.4, 0.5) is 0 Å². The Morgan fingerprint density at radius 2 is 1.47 bits per heavy atom. The van der Waals surface area contributed by atoms with Crippen molar-refractivity contribution in [3.63, 3.8) is 0 Å². The second-order valence-corrected chi connectivity index (χ2v) is 3.03. The number of hydrogen-bond acceptors (Lipinski definition) is 4. The molecule has 0 saturated carbocycles. The maximum Gasteiger partial charge on any atom is 0.162 e. The van der Waals surface area contributed by atoms with Gasteiger partial charge in [0.05, 0.1) is 11.4 Å². The number of aromatic nitrogens is 2. The van der Waals surface area contributed by atoms with Crippen LogP contribution in [0.5, 0.6) is 0 Å². The van der Waals surface area contributed by atoms with Gasteiger partial charge >= 0.3 is 0 Å². The fraction of sp³-hybridized carbons (Fsp3) is 0.0909. The highest BCUT2D eigenvalue weighted by molar-refractivity contribution is 5.19. The largest absolute Gasteiger partial charge is 0.288 e. The number of pyridine rings is 2. The Labute approximate surface area is 87.7 Å². The molecule has 2 N–H and O–H groups in total. The van der Waals surface area contributed by atoms with Gasteiger partial charge in [0, 0.05) is 12.4 Å². The molecule has 0 saturated heterocycles. The zero-order valence-electron chi connectivity index (χ0n) is 8.08. The van der Waals surface area contributed by atoms with Crippen molar-refractivity contribution in [1.29, 1.82) is 0 Å². The van der Waals surface area contributed by atoms with Crippen LogP contribution in [0, 0.1) is 0 Å². The second-order valence-electron chi connectivity index (χ2n) is 3.03. The molecule has 0 spiro atoms. The Bertz CT molecular complexity index is 365. The van der Waals surface area contributed by atoms with Crippen molar-refractivity contribution < 1.29 is 4.84 Å². The third-order valence-electron chi connectivity index (χ3n) is 2.05. The first-order chi connectivity index (χ1) is 7.42. The molecule has 76 valence electrons. The highest BCUT2D eigenvalue weighted by Crippen LogP contribution is 2.19. The molecule has 0 amide bonds. The van der Waals surface area contributed by atoms with Gasteiger partial charge in [-0.2, -0.15) is 0 Å². The maximum atomic E-state index is 5.26. The lowest BCUT2D eigenvalue weighted by Gasteiger charge is -2.12. The fourth-order valence-corrected chi connectivity index (χ4v) is 1.35. The van der Waals surface area contributed by atoms with E-state index in [1.54, 1.807) is 12.4 Å². The van der Waals surface area contributed by atoms with Gasteiger partial charge < -0.3 is 0 Å². The lowest BCUT2D eigenvalue weighted by atomic mass is 10.1. The minimum Gasteiger partial charge on any atom is -0.288 e. The van der Waals surface area contributed by atoms with Gasteiger partial charge in [-0.25, -0.2) is 5.90 Å². The molecule has 0 atom stereocenters. The third kappa shape index (κ3) is 2.18. The van der Waals surface area contributed by atoms with Crippen LogP contribution in [0.25, 0.3) is 0 Å². The van der Waals surface area contributed by atoms with E-state index in [1.165, 1.54) is 0 Å². The molecule has 0 aliphatic carbocycles. The van der Waals surface area contributed by atoms with Crippen LogP contribution in [0.15, 0.2) is 48.8 Å². The maximum absolute atomic E-state index is 5.26. The average Bonchev–Trinajstić information content (AvgIpc) is 2.33. The SMILES string of the molecule is NOC(c1ccccn1)c1ccccn1. The minimum absolute atomic E-state index is 0.410. The smallest absolute Gasteiger partial charge is 0.162 e. The molecular weight excluding hydrogens is 190 g/mol. The second kappa shape index (κ2) is 4.63. The summed E-state index contributed by atoms with van der Waals surface area (Å²) < 4.78 is 0. The van der Waals surface area contributed by atoms with Gasteiger partial charge in [-0.1, -0.05) is 12.1 Å². The zero-order valence-corrected chi connectivity index (χ0v) is 8.08. The molecule has 0 aliphatic rings. The number of nitrogens with two attached hydrogens (primary N) is 1. The molecule has 2 rings (SSSR count). The van der Waals surface area contributed by atoms with E-state index in [4.69, 9.17) is 10.7 Å². The van der Waals surface area contributed by atoms with Crippen LogP contribution < -0.4 is 5.90 Å². The predicted molar refractivity (Wildman–Crippen MR) is 55.6 cm³/mol. The molecule has 0 aromatic carbocycles. The lowest BCUT2D eigenvalue weighted by Crippen LogP contribution is -2.13. The van der Waals surface area contributed by atoms with Gasteiger partial charge in [-0.3, -0.25) is 14.8 Å². The molecule has 0 fully saturated rings. The quantitative estimate of drug-likeness (QED) is 0.763. The van der Waals surface area contributed by atoms with Crippen molar-refractivity contribution in [3.8, 4) is 0 Å². The van der Waals surface area contributed by atoms with Gasteiger partial charge in [-0.05, 0) is 24.3 Å². The van der Waals surface area contributed by atoms with Crippen molar-refractivity contribution in [2.75, 3.05) is 0 Å². The van der Waals surface area contributed by atoms with Crippen molar-refractivity contribution in [2.24, 2.45) is 5.90 Å². The molecule has 4 heteroatoms. The van der Waals surface area contributed by atoms with Crippen LogP contribution >= 0.6 is 0 Å². The molecule has 0 aliphatic heterocycles. The summed E-state index contributed by atoms with van der Waals surface area (Å²) in [5.74, 6) is 5.26. The van der Waals surface area contributed by atoms with Gasteiger partial charge in [-0.15, -0.1) is 0 Å². The van der Waals surface area contributed by atoms with E-state index in [2.05, 4.69) is 9.97 Å². The molecule has 2 aromatic heterocycles. The van der Waals surface area contributed by atoms with Crippen molar-refractivity contribution >= 4 is 0 Å². The Kier molecular flexibility index (Phi) is 3.02. The molecule has 2 heterocycles. The zero-order chi connectivity index (χ0) is 10.5. The van der Waals surface area contributed by atoms with Crippen LogP contribution in [0.3, 0.4) is 0 Å². The van der Waals surface area contributed by atoms with Gasteiger partial charge in [0.2, 0.25) is 0 Å². The summed E-state index contributed by atoms with van der Waals surface area (Å²) in [6.45, 7) is 0. The highest BCUT2D eigenvalue weighted by atomic mass is 16.6. The molecule has 2 aromatic rings. The van der Waals surface area contributed by atoms with E-state index >= 15 is 0 Å². The van der Waals surface area contributed by atoms with Crippen molar-refractivity contribution in [1.82, 2.24) is 9.97 Å². The van der Waals surface area contributed by atoms with Crippen LogP contribution in [-0.4, -0.2) is 9.97 Å². The summed E-state index contributed by atoms with van der Waals surface area (Å²) >= 11 is 0. The minimum atomic E-state index is -0.410. The monoisotopic (exact) mass is 201 g/mol. The first-order valence-electron chi connectivity index (χ1n) is 4.59. The van der Waals surface area contributed by atoms with Gasteiger partial charge in [0.1, 0.15) is 0 Å². The molecule has 0 unspecified atom stereocenters. The standard InChI is InChI=1S/C11H11N3O/c12-15-11(9-5-1-3-7-13-9)10-6-2-4-8-14-10/h1-8,11H,12H2. The van der Waals surface area contributed by atoms with E-state index in [1.807, 2.05) is 36.4 Å². The van der Waals surface area contributed by atoms with Crippen molar-refractivity contribution in [2.45, 2.75) is 6.10 Å². The molecule has 15 heavy (non-hydrogen) atoms.